The van der Waals surface area contributed by atoms with Crippen LogP contribution in [0.15, 0.2) is 12.2 Å². The third kappa shape index (κ3) is 15.2. The van der Waals surface area contributed by atoms with E-state index in [0.717, 1.165) is 12.8 Å². The summed E-state index contributed by atoms with van der Waals surface area (Å²) in [6, 6.07) is 2.20. The number of nitrogens with zero attached hydrogens (tertiary/aromatic N) is 1. The maximum atomic E-state index is 8.40. The van der Waals surface area contributed by atoms with Gasteiger partial charge in [-0.1, -0.05) is 64.0 Å². The summed E-state index contributed by atoms with van der Waals surface area (Å²) in [5.41, 5.74) is 0. The molecule has 0 N–H and O–H groups in total. The molecular weight excluding hydrogens is 218 g/mol. The summed E-state index contributed by atoms with van der Waals surface area (Å²) in [5.74, 6) is 0. The van der Waals surface area contributed by atoms with E-state index >= 15 is 0 Å². The van der Waals surface area contributed by atoms with Crippen molar-refractivity contribution in [3.05, 3.63) is 12.2 Å². The first-order chi connectivity index (χ1) is 8.91. The molecule has 0 amide bonds. The average molecular weight is 249 g/mol. The molecule has 1 heteroatoms. The van der Waals surface area contributed by atoms with Crippen LogP contribution < -0.4 is 0 Å². The molecule has 0 aliphatic heterocycles. The van der Waals surface area contributed by atoms with Crippen LogP contribution in [0.4, 0.5) is 0 Å². The highest BCUT2D eigenvalue weighted by Crippen LogP contribution is 2.08. The molecule has 0 fully saturated rings. The number of hydrogen-bond donors (Lipinski definition) is 0. The van der Waals surface area contributed by atoms with Crippen molar-refractivity contribution >= 4 is 0 Å². The van der Waals surface area contributed by atoms with Gasteiger partial charge in [0.05, 0.1) is 6.07 Å². The van der Waals surface area contributed by atoms with Crippen LogP contribution >= 0.6 is 0 Å². The van der Waals surface area contributed by atoms with E-state index in [0.29, 0.717) is 0 Å². The van der Waals surface area contributed by atoms with E-state index < -0.39 is 0 Å². The van der Waals surface area contributed by atoms with Gasteiger partial charge in [-0.3, -0.25) is 0 Å². The van der Waals surface area contributed by atoms with E-state index in [1.54, 1.807) is 0 Å². The fourth-order valence-corrected chi connectivity index (χ4v) is 2.10. The zero-order valence-electron chi connectivity index (χ0n) is 12.3. The van der Waals surface area contributed by atoms with Gasteiger partial charge in [-0.2, -0.15) is 5.26 Å². The van der Waals surface area contributed by atoms with Gasteiger partial charge in [0.1, 0.15) is 0 Å². The molecule has 104 valence electrons. The van der Waals surface area contributed by atoms with Gasteiger partial charge in [0.25, 0.3) is 0 Å². The largest absolute Gasteiger partial charge is 0.198 e. The summed E-state index contributed by atoms with van der Waals surface area (Å²) in [7, 11) is 0. The molecule has 0 saturated heterocycles. The molecule has 1 nitrogen and oxygen atoms in total. The summed E-state index contributed by atoms with van der Waals surface area (Å²) in [6.45, 7) is 2.27. The molecule has 0 atom stereocenters. The van der Waals surface area contributed by atoms with Crippen LogP contribution in [0.1, 0.15) is 90.4 Å². The standard InChI is InChI=1S/C17H31N/c1-2-3-4-5-6-7-8-9-10-11-12-13-14-15-16-17-18/h9-10H,2-8,11-16H2,1H3/b10-9+. The van der Waals surface area contributed by atoms with E-state index in [2.05, 4.69) is 25.1 Å². The minimum absolute atomic E-state index is 0.730. The van der Waals surface area contributed by atoms with Crippen molar-refractivity contribution < 1.29 is 0 Å². The highest BCUT2D eigenvalue weighted by molar-refractivity contribution is 4.81. The first kappa shape index (κ1) is 17.2. The fraction of sp³-hybridized carbons (Fsp3) is 0.824. The van der Waals surface area contributed by atoms with Crippen LogP contribution in [0.2, 0.25) is 0 Å². The Morgan fingerprint density at radius 2 is 1.22 bits per heavy atom. The SMILES string of the molecule is CCCCCCCC/C=C/CCCCCCC#N. The lowest BCUT2D eigenvalue weighted by molar-refractivity contribution is 0.610. The number of unbranched alkanes of at least 4 members (excludes halogenated alkanes) is 11. The first-order valence-corrected chi connectivity index (χ1v) is 7.93. The molecule has 0 aliphatic rings. The predicted octanol–water partition coefficient (Wildman–Crippen LogP) is 6.16. The van der Waals surface area contributed by atoms with Gasteiger partial charge in [0.2, 0.25) is 0 Å². The van der Waals surface area contributed by atoms with Crippen molar-refractivity contribution in [1.29, 1.82) is 5.26 Å². The third-order valence-electron chi connectivity index (χ3n) is 3.30. The number of hydrogen-bond acceptors (Lipinski definition) is 1. The van der Waals surface area contributed by atoms with Crippen LogP contribution in [0.3, 0.4) is 0 Å². The number of rotatable bonds is 13. The van der Waals surface area contributed by atoms with Crippen LogP contribution in [0.5, 0.6) is 0 Å². The Morgan fingerprint density at radius 3 is 1.78 bits per heavy atom. The van der Waals surface area contributed by atoms with Crippen molar-refractivity contribution in [3.63, 3.8) is 0 Å². The van der Waals surface area contributed by atoms with Gasteiger partial charge in [0, 0.05) is 6.42 Å². The van der Waals surface area contributed by atoms with Crippen LogP contribution in [-0.4, -0.2) is 0 Å². The molecule has 0 spiro atoms. The lowest BCUT2D eigenvalue weighted by Gasteiger charge is -1.98. The molecule has 0 aliphatic carbocycles. The van der Waals surface area contributed by atoms with Gasteiger partial charge >= 0.3 is 0 Å². The Bertz CT molecular complexity index is 212. The normalized spacial score (nSPS) is 10.9. The summed E-state index contributed by atoms with van der Waals surface area (Å²) < 4.78 is 0. The molecule has 0 radical (unpaired) electrons. The average Bonchev–Trinajstić information content (AvgIpc) is 2.39. The maximum Gasteiger partial charge on any atom is 0.0621 e. The quantitative estimate of drug-likeness (QED) is 0.283. The zero-order chi connectivity index (χ0) is 13.3. The van der Waals surface area contributed by atoms with Crippen molar-refractivity contribution in [2.45, 2.75) is 90.4 Å². The Balaban J connectivity index is 3.03. The predicted molar refractivity (Wildman–Crippen MR) is 80.4 cm³/mol. The number of nitriles is 1. The van der Waals surface area contributed by atoms with E-state index in [4.69, 9.17) is 5.26 Å². The van der Waals surface area contributed by atoms with Gasteiger partial charge in [0.15, 0.2) is 0 Å². The van der Waals surface area contributed by atoms with Gasteiger partial charge in [-0.05, 0) is 32.1 Å². The molecule has 0 rings (SSSR count). The van der Waals surface area contributed by atoms with E-state index in [9.17, 15) is 0 Å². The Hall–Kier alpha value is -0.770. The van der Waals surface area contributed by atoms with E-state index in [1.165, 1.54) is 70.6 Å². The highest BCUT2D eigenvalue weighted by atomic mass is 14.2. The van der Waals surface area contributed by atoms with Crippen molar-refractivity contribution in [1.82, 2.24) is 0 Å². The van der Waals surface area contributed by atoms with Crippen LogP contribution in [0.25, 0.3) is 0 Å². The molecule has 0 heterocycles. The smallest absolute Gasteiger partial charge is 0.0621 e. The minimum Gasteiger partial charge on any atom is -0.198 e. The van der Waals surface area contributed by atoms with Crippen LogP contribution in [-0.2, 0) is 0 Å². The molecule has 0 bridgehead atoms. The Labute approximate surface area is 114 Å². The summed E-state index contributed by atoms with van der Waals surface area (Å²) >= 11 is 0. The zero-order valence-corrected chi connectivity index (χ0v) is 12.3. The van der Waals surface area contributed by atoms with Crippen LogP contribution in [0, 0.1) is 11.3 Å². The maximum absolute atomic E-state index is 8.40. The third-order valence-corrected chi connectivity index (χ3v) is 3.30. The minimum atomic E-state index is 0.730. The lowest BCUT2D eigenvalue weighted by Crippen LogP contribution is -1.78. The van der Waals surface area contributed by atoms with Gasteiger partial charge in [-0.25, -0.2) is 0 Å². The van der Waals surface area contributed by atoms with Crippen molar-refractivity contribution in [3.8, 4) is 6.07 Å². The van der Waals surface area contributed by atoms with Crippen molar-refractivity contribution in [2.24, 2.45) is 0 Å². The monoisotopic (exact) mass is 249 g/mol. The molecule has 0 unspecified atom stereocenters. The van der Waals surface area contributed by atoms with E-state index in [-0.39, 0.29) is 0 Å². The molecule has 18 heavy (non-hydrogen) atoms. The summed E-state index contributed by atoms with van der Waals surface area (Å²) in [5, 5.41) is 8.40. The fourth-order valence-electron chi connectivity index (χ4n) is 2.10. The number of allylic oxidation sites excluding steroid dienone is 2. The van der Waals surface area contributed by atoms with Gasteiger partial charge in [-0.15, -0.1) is 0 Å². The summed E-state index contributed by atoms with van der Waals surface area (Å²) in [4.78, 5) is 0. The Morgan fingerprint density at radius 1 is 0.722 bits per heavy atom. The molecule has 0 saturated carbocycles. The highest BCUT2D eigenvalue weighted by Gasteiger charge is 1.89. The molecule has 0 aromatic rings. The first-order valence-electron chi connectivity index (χ1n) is 7.93. The second-order valence-electron chi connectivity index (χ2n) is 5.14. The topological polar surface area (TPSA) is 23.8 Å². The summed E-state index contributed by atoms with van der Waals surface area (Å²) in [6.07, 6.45) is 21.1. The van der Waals surface area contributed by atoms with Gasteiger partial charge < -0.3 is 0 Å². The molecule has 0 aromatic heterocycles. The lowest BCUT2D eigenvalue weighted by atomic mass is 10.1. The molecule has 0 aromatic carbocycles. The Kier molecular flexibility index (Phi) is 15.5. The second-order valence-corrected chi connectivity index (χ2v) is 5.14. The second kappa shape index (κ2) is 16.2. The van der Waals surface area contributed by atoms with Crippen molar-refractivity contribution in [2.75, 3.05) is 0 Å². The van der Waals surface area contributed by atoms with E-state index in [1.807, 2.05) is 0 Å². The molecular formula is C17H31N.